The molecule has 3 atom stereocenters. The molecule has 1 aromatic carbocycles. The van der Waals surface area contributed by atoms with Gasteiger partial charge in [0.1, 0.15) is 0 Å². The Morgan fingerprint density at radius 1 is 1.20 bits per heavy atom. The van der Waals surface area contributed by atoms with Crippen LogP contribution < -0.4 is 5.73 Å². The second-order valence-electron chi connectivity index (χ2n) is 6.20. The van der Waals surface area contributed by atoms with E-state index in [4.69, 9.17) is 5.73 Å². The topological polar surface area (TPSA) is 29.3 Å². The SMILES string of the molecule is CN(C1CCSc2ccccc21)C1CCCCC1CN. The third-order valence-electron chi connectivity index (χ3n) is 5.11. The summed E-state index contributed by atoms with van der Waals surface area (Å²) in [5, 5.41) is 0. The lowest BCUT2D eigenvalue weighted by Crippen LogP contribution is -2.45. The van der Waals surface area contributed by atoms with E-state index in [1.54, 1.807) is 0 Å². The predicted octanol–water partition coefficient (Wildman–Crippen LogP) is 3.67. The number of thioether (sulfide) groups is 1. The highest BCUT2D eigenvalue weighted by atomic mass is 32.2. The predicted molar refractivity (Wildman–Crippen MR) is 87.1 cm³/mol. The minimum absolute atomic E-state index is 0.588. The molecular weight excluding hydrogens is 264 g/mol. The first-order valence-corrected chi connectivity index (χ1v) is 8.93. The van der Waals surface area contributed by atoms with Gasteiger partial charge >= 0.3 is 0 Å². The fourth-order valence-electron chi connectivity index (χ4n) is 3.98. The van der Waals surface area contributed by atoms with E-state index in [2.05, 4.69) is 36.2 Å². The van der Waals surface area contributed by atoms with E-state index in [9.17, 15) is 0 Å². The Bertz CT molecular complexity index is 448. The third-order valence-corrected chi connectivity index (χ3v) is 6.24. The van der Waals surface area contributed by atoms with Crippen LogP contribution in [0.3, 0.4) is 0 Å². The maximum atomic E-state index is 6.02. The number of benzene rings is 1. The van der Waals surface area contributed by atoms with E-state index in [0.29, 0.717) is 18.0 Å². The number of hydrogen-bond donors (Lipinski definition) is 1. The van der Waals surface area contributed by atoms with Crippen molar-refractivity contribution in [3.05, 3.63) is 29.8 Å². The molecule has 0 amide bonds. The molecule has 0 radical (unpaired) electrons. The first-order chi connectivity index (χ1) is 9.81. The Morgan fingerprint density at radius 2 is 2.00 bits per heavy atom. The van der Waals surface area contributed by atoms with E-state index < -0.39 is 0 Å². The van der Waals surface area contributed by atoms with Crippen LogP contribution >= 0.6 is 11.8 Å². The number of fused-ring (bicyclic) bond motifs is 1. The molecular formula is C17H26N2S. The summed E-state index contributed by atoms with van der Waals surface area (Å²) >= 11 is 2.01. The second kappa shape index (κ2) is 6.50. The second-order valence-corrected chi connectivity index (χ2v) is 7.34. The van der Waals surface area contributed by atoms with Gasteiger partial charge in [-0.25, -0.2) is 0 Å². The number of rotatable bonds is 3. The van der Waals surface area contributed by atoms with Crippen LogP contribution in [0.1, 0.15) is 43.7 Å². The van der Waals surface area contributed by atoms with Crippen LogP contribution in [0.2, 0.25) is 0 Å². The first kappa shape index (κ1) is 14.4. The molecule has 3 unspecified atom stereocenters. The summed E-state index contributed by atoms with van der Waals surface area (Å²) in [6.07, 6.45) is 6.64. The fraction of sp³-hybridized carbons (Fsp3) is 0.647. The highest BCUT2D eigenvalue weighted by molar-refractivity contribution is 7.99. The Labute approximate surface area is 127 Å². The van der Waals surface area contributed by atoms with Crippen molar-refractivity contribution in [3.63, 3.8) is 0 Å². The van der Waals surface area contributed by atoms with Crippen molar-refractivity contribution in [2.45, 2.75) is 49.1 Å². The number of nitrogens with two attached hydrogens (primary N) is 1. The Hall–Kier alpha value is -0.510. The monoisotopic (exact) mass is 290 g/mol. The Balaban J connectivity index is 1.82. The molecule has 110 valence electrons. The van der Waals surface area contributed by atoms with E-state index >= 15 is 0 Å². The average Bonchev–Trinajstić information content (AvgIpc) is 2.53. The zero-order chi connectivity index (χ0) is 13.9. The van der Waals surface area contributed by atoms with Crippen LogP contribution in [-0.4, -0.2) is 30.3 Å². The van der Waals surface area contributed by atoms with Gasteiger partial charge in [0, 0.05) is 17.0 Å². The van der Waals surface area contributed by atoms with Gasteiger partial charge in [-0.2, -0.15) is 0 Å². The van der Waals surface area contributed by atoms with Crippen molar-refractivity contribution in [1.29, 1.82) is 0 Å². The standard InChI is InChI=1S/C17H26N2S/c1-19(15-8-4-2-6-13(15)12-18)16-10-11-20-17-9-5-3-7-14(16)17/h3,5,7,9,13,15-16H,2,4,6,8,10-12,18H2,1H3. The minimum atomic E-state index is 0.588. The average molecular weight is 290 g/mol. The molecule has 3 heteroatoms. The molecule has 20 heavy (non-hydrogen) atoms. The summed E-state index contributed by atoms with van der Waals surface area (Å²) in [6, 6.07) is 10.2. The first-order valence-electron chi connectivity index (χ1n) is 7.95. The largest absolute Gasteiger partial charge is 0.330 e. The van der Waals surface area contributed by atoms with Crippen molar-refractivity contribution in [1.82, 2.24) is 4.90 Å². The fourth-order valence-corrected chi connectivity index (χ4v) is 5.08. The van der Waals surface area contributed by atoms with Crippen LogP contribution in [0.15, 0.2) is 29.2 Å². The smallest absolute Gasteiger partial charge is 0.0367 e. The van der Waals surface area contributed by atoms with Crippen molar-refractivity contribution in [2.24, 2.45) is 11.7 Å². The van der Waals surface area contributed by atoms with Crippen LogP contribution in [0.25, 0.3) is 0 Å². The molecule has 1 aliphatic carbocycles. The van der Waals surface area contributed by atoms with Crippen LogP contribution in [0, 0.1) is 5.92 Å². The quantitative estimate of drug-likeness (QED) is 0.921. The lowest BCUT2D eigenvalue weighted by molar-refractivity contribution is 0.0882. The molecule has 1 aliphatic heterocycles. The highest BCUT2D eigenvalue weighted by Crippen LogP contribution is 2.41. The van der Waals surface area contributed by atoms with Crippen LogP contribution in [0.5, 0.6) is 0 Å². The molecule has 2 aliphatic rings. The maximum absolute atomic E-state index is 6.02. The van der Waals surface area contributed by atoms with Gasteiger partial charge in [0.15, 0.2) is 0 Å². The van der Waals surface area contributed by atoms with Crippen LogP contribution in [-0.2, 0) is 0 Å². The summed E-state index contributed by atoms with van der Waals surface area (Å²) in [7, 11) is 2.33. The molecule has 0 bridgehead atoms. The molecule has 0 saturated heterocycles. The maximum Gasteiger partial charge on any atom is 0.0367 e. The molecule has 0 spiro atoms. The van der Waals surface area contributed by atoms with Gasteiger partial charge in [-0.15, -0.1) is 11.8 Å². The van der Waals surface area contributed by atoms with Crippen molar-refractivity contribution in [2.75, 3.05) is 19.3 Å². The molecule has 1 fully saturated rings. The van der Waals surface area contributed by atoms with Gasteiger partial charge in [-0.05, 0) is 56.2 Å². The third kappa shape index (κ3) is 2.76. The lowest BCUT2D eigenvalue weighted by atomic mass is 9.82. The van der Waals surface area contributed by atoms with Gasteiger partial charge in [-0.3, -0.25) is 4.90 Å². The zero-order valence-corrected chi connectivity index (χ0v) is 13.2. The van der Waals surface area contributed by atoms with Crippen molar-refractivity contribution < 1.29 is 0 Å². The molecule has 1 heterocycles. The number of hydrogen-bond acceptors (Lipinski definition) is 3. The summed E-state index contributed by atoms with van der Waals surface area (Å²) in [4.78, 5) is 4.13. The zero-order valence-electron chi connectivity index (χ0n) is 12.4. The lowest BCUT2D eigenvalue weighted by Gasteiger charge is -2.43. The van der Waals surface area contributed by atoms with Gasteiger partial charge in [0.2, 0.25) is 0 Å². The summed E-state index contributed by atoms with van der Waals surface area (Å²) in [5.74, 6) is 1.93. The molecule has 1 saturated carbocycles. The van der Waals surface area contributed by atoms with Gasteiger partial charge < -0.3 is 5.73 Å². The minimum Gasteiger partial charge on any atom is -0.330 e. The molecule has 2 nitrogen and oxygen atoms in total. The Morgan fingerprint density at radius 3 is 2.85 bits per heavy atom. The van der Waals surface area contributed by atoms with Gasteiger partial charge in [0.05, 0.1) is 0 Å². The summed E-state index contributed by atoms with van der Waals surface area (Å²) < 4.78 is 0. The highest BCUT2D eigenvalue weighted by Gasteiger charge is 2.33. The van der Waals surface area contributed by atoms with Crippen molar-refractivity contribution >= 4 is 11.8 Å². The molecule has 0 aromatic heterocycles. The normalized spacial score (nSPS) is 30.2. The van der Waals surface area contributed by atoms with Crippen LogP contribution in [0.4, 0.5) is 0 Å². The number of nitrogens with zero attached hydrogens (tertiary/aromatic N) is 1. The molecule has 1 aromatic rings. The van der Waals surface area contributed by atoms with Crippen molar-refractivity contribution in [3.8, 4) is 0 Å². The van der Waals surface area contributed by atoms with Gasteiger partial charge in [-0.1, -0.05) is 31.0 Å². The van der Waals surface area contributed by atoms with E-state index in [-0.39, 0.29) is 0 Å². The van der Waals surface area contributed by atoms with E-state index in [1.807, 2.05) is 11.8 Å². The molecule has 3 rings (SSSR count). The molecule has 2 N–H and O–H groups in total. The van der Waals surface area contributed by atoms with E-state index in [0.717, 1.165) is 6.54 Å². The summed E-state index contributed by atoms with van der Waals surface area (Å²) in [6.45, 7) is 0.845. The van der Waals surface area contributed by atoms with E-state index in [1.165, 1.54) is 48.3 Å². The Kier molecular flexibility index (Phi) is 4.69. The summed E-state index contributed by atoms with van der Waals surface area (Å²) in [5.41, 5.74) is 7.56. The van der Waals surface area contributed by atoms with Gasteiger partial charge in [0.25, 0.3) is 0 Å².